The Hall–Kier alpha value is -3.68. The van der Waals surface area contributed by atoms with Crippen molar-refractivity contribution in [3.8, 4) is 11.1 Å². The highest BCUT2D eigenvalue weighted by atomic mass is 16.4. The minimum Gasteiger partial charge on any atom is -0.465 e. The fraction of sp³-hybridized carbons (Fsp3) is 0.407. The largest absolute Gasteiger partial charge is 0.465 e. The van der Waals surface area contributed by atoms with Gasteiger partial charge in [-0.05, 0) is 81.0 Å². The molecule has 1 aromatic heterocycles. The highest BCUT2D eigenvalue weighted by molar-refractivity contribution is 5.96. The highest BCUT2D eigenvalue weighted by Gasteiger charge is 2.25. The zero-order chi connectivity index (χ0) is 25.1. The lowest BCUT2D eigenvalue weighted by atomic mass is 9.97. The van der Waals surface area contributed by atoms with Crippen molar-refractivity contribution in [2.24, 2.45) is 0 Å². The van der Waals surface area contributed by atoms with Gasteiger partial charge in [0.1, 0.15) is 0 Å². The van der Waals surface area contributed by atoms with Crippen molar-refractivity contribution in [2.75, 3.05) is 11.9 Å². The van der Waals surface area contributed by atoms with Gasteiger partial charge < -0.3 is 20.6 Å². The number of nitrogens with one attached hydrogen (secondary N) is 2. The standard InChI is InChI=1S/C27H33N5O3/c1-5-12-32(27(34)35)18(4)17(3)29-26-28-15-21-13-19(8-11-24(21)31-26)23-14-20(7-6-16(23)2)25(33)30-22-9-10-22/h6-8,11,13-15,17-18,22H,5,9-10,12H2,1-4H3,(H,30,33)(H,34,35)(H,28,29,31). The van der Waals surface area contributed by atoms with Crippen molar-refractivity contribution in [3.05, 3.63) is 53.7 Å². The van der Waals surface area contributed by atoms with Gasteiger partial charge in [0.2, 0.25) is 5.95 Å². The number of carbonyl (C=O) groups is 2. The lowest BCUT2D eigenvalue weighted by molar-refractivity contribution is 0.0951. The van der Waals surface area contributed by atoms with Crippen LogP contribution in [-0.2, 0) is 0 Å². The number of aromatic nitrogens is 2. The van der Waals surface area contributed by atoms with E-state index in [1.807, 2.05) is 64.1 Å². The van der Waals surface area contributed by atoms with Crippen molar-refractivity contribution >= 4 is 28.9 Å². The first kappa shape index (κ1) is 24.4. The molecule has 2 unspecified atom stereocenters. The molecule has 8 nitrogen and oxygen atoms in total. The number of rotatable bonds is 9. The molecular weight excluding hydrogens is 442 g/mol. The predicted octanol–water partition coefficient (Wildman–Crippen LogP) is 5.08. The van der Waals surface area contributed by atoms with E-state index in [0.717, 1.165) is 46.9 Å². The Morgan fingerprint density at radius 2 is 1.94 bits per heavy atom. The molecule has 3 aromatic rings. The number of hydrogen-bond acceptors (Lipinski definition) is 5. The average Bonchev–Trinajstić information content (AvgIpc) is 3.65. The molecule has 2 amide bonds. The molecule has 184 valence electrons. The van der Waals surface area contributed by atoms with E-state index in [-0.39, 0.29) is 18.0 Å². The normalized spacial score (nSPS) is 14.9. The number of benzene rings is 2. The van der Waals surface area contributed by atoms with Gasteiger partial charge in [0.25, 0.3) is 5.91 Å². The molecule has 0 saturated heterocycles. The molecule has 1 aliphatic carbocycles. The molecular formula is C27H33N5O3. The van der Waals surface area contributed by atoms with Crippen LogP contribution in [0.2, 0.25) is 0 Å². The quantitative estimate of drug-likeness (QED) is 0.399. The Bertz CT molecular complexity index is 1240. The Morgan fingerprint density at radius 1 is 1.17 bits per heavy atom. The molecule has 4 rings (SSSR count). The maximum atomic E-state index is 12.5. The molecule has 2 atom stereocenters. The van der Waals surface area contributed by atoms with Gasteiger partial charge in [0.15, 0.2) is 0 Å². The maximum absolute atomic E-state index is 12.5. The van der Waals surface area contributed by atoms with Gasteiger partial charge in [-0.1, -0.05) is 19.1 Å². The summed E-state index contributed by atoms with van der Waals surface area (Å²) in [6.45, 7) is 8.29. The SMILES string of the molecule is CCCN(C(=O)O)C(C)C(C)Nc1ncc2cc(-c3cc(C(=O)NC4CC4)ccc3C)ccc2n1. The summed E-state index contributed by atoms with van der Waals surface area (Å²) in [4.78, 5) is 34.7. The molecule has 0 spiro atoms. The first-order chi connectivity index (χ1) is 16.8. The minimum atomic E-state index is -0.927. The van der Waals surface area contributed by atoms with Gasteiger partial charge in [-0.2, -0.15) is 0 Å². The summed E-state index contributed by atoms with van der Waals surface area (Å²) in [5.41, 5.74) is 4.54. The summed E-state index contributed by atoms with van der Waals surface area (Å²) < 4.78 is 0. The topological polar surface area (TPSA) is 107 Å². The van der Waals surface area contributed by atoms with E-state index in [1.165, 1.54) is 4.90 Å². The van der Waals surface area contributed by atoms with Crippen LogP contribution in [0.5, 0.6) is 0 Å². The van der Waals surface area contributed by atoms with Crippen molar-refractivity contribution < 1.29 is 14.7 Å². The monoisotopic (exact) mass is 475 g/mol. The van der Waals surface area contributed by atoms with Crippen LogP contribution in [0, 0.1) is 6.92 Å². The lowest BCUT2D eigenvalue weighted by Gasteiger charge is -2.31. The Labute approximate surface area is 205 Å². The second-order valence-corrected chi connectivity index (χ2v) is 9.39. The molecule has 1 aliphatic rings. The number of anilines is 1. The van der Waals surface area contributed by atoms with E-state index in [0.29, 0.717) is 24.1 Å². The molecule has 8 heteroatoms. The zero-order valence-electron chi connectivity index (χ0n) is 20.7. The summed E-state index contributed by atoms with van der Waals surface area (Å²) in [6.07, 6.45) is 3.71. The third-order valence-corrected chi connectivity index (χ3v) is 6.59. The van der Waals surface area contributed by atoms with E-state index in [4.69, 9.17) is 0 Å². The van der Waals surface area contributed by atoms with Crippen LogP contribution in [0.25, 0.3) is 22.0 Å². The maximum Gasteiger partial charge on any atom is 0.407 e. The smallest absolute Gasteiger partial charge is 0.407 e. The van der Waals surface area contributed by atoms with Gasteiger partial charge in [-0.15, -0.1) is 0 Å². The molecule has 2 aromatic carbocycles. The molecule has 0 aliphatic heterocycles. The Kier molecular flexibility index (Phi) is 7.19. The van der Waals surface area contributed by atoms with E-state index in [2.05, 4.69) is 20.6 Å². The van der Waals surface area contributed by atoms with E-state index >= 15 is 0 Å². The minimum absolute atomic E-state index is 0.0302. The molecule has 3 N–H and O–H groups in total. The third-order valence-electron chi connectivity index (χ3n) is 6.59. The van der Waals surface area contributed by atoms with Gasteiger partial charge in [0.05, 0.1) is 11.6 Å². The molecule has 0 radical (unpaired) electrons. The second kappa shape index (κ2) is 10.3. The number of fused-ring (bicyclic) bond motifs is 1. The van der Waals surface area contributed by atoms with Gasteiger partial charge >= 0.3 is 6.09 Å². The molecule has 1 heterocycles. The number of amides is 2. The van der Waals surface area contributed by atoms with Crippen LogP contribution in [-0.4, -0.2) is 56.6 Å². The summed E-state index contributed by atoms with van der Waals surface area (Å²) >= 11 is 0. The fourth-order valence-electron chi connectivity index (χ4n) is 4.15. The summed E-state index contributed by atoms with van der Waals surface area (Å²) in [5, 5.41) is 16.7. The van der Waals surface area contributed by atoms with E-state index in [1.54, 1.807) is 6.20 Å². The number of aryl methyl sites for hydroxylation is 1. The number of hydrogen-bond donors (Lipinski definition) is 3. The molecule has 1 saturated carbocycles. The number of carboxylic acid groups (broad SMARTS) is 1. The van der Waals surface area contributed by atoms with Gasteiger partial charge in [-0.3, -0.25) is 4.79 Å². The van der Waals surface area contributed by atoms with Gasteiger partial charge in [0, 0.05) is 35.8 Å². The van der Waals surface area contributed by atoms with Crippen LogP contribution in [0.3, 0.4) is 0 Å². The summed E-state index contributed by atoms with van der Waals surface area (Å²) in [7, 11) is 0. The lowest BCUT2D eigenvalue weighted by Crippen LogP contribution is -2.46. The third kappa shape index (κ3) is 5.70. The molecule has 0 bridgehead atoms. The van der Waals surface area contributed by atoms with Crippen LogP contribution < -0.4 is 10.6 Å². The molecule has 35 heavy (non-hydrogen) atoms. The fourth-order valence-corrected chi connectivity index (χ4v) is 4.15. The van der Waals surface area contributed by atoms with Crippen molar-refractivity contribution in [1.82, 2.24) is 20.2 Å². The van der Waals surface area contributed by atoms with Crippen molar-refractivity contribution in [1.29, 1.82) is 0 Å². The van der Waals surface area contributed by atoms with Gasteiger partial charge in [-0.25, -0.2) is 14.8 Å². The van der Waals surface area contributed by atoms with E-state index in [9.17, 15) is 14.7 Å². The van der Waals surface area contributed by atoms with Crippen molar-refractivity contribution in [2.45, 2.75) is 65.1 Å². The Balaban J connectivity index is 1.53. The predicted molar refractivity (Wildman–Crippen MR) is 138 cm³/mol. The van der Waals surface area contributed by atoms with Crippen LogP contribution in [0.1, 0.15) is 56.0 Å². The first-order valence-corrected chi connectivity index (χ1v) is 12.2. The number of carbonyl (C=O) groups excluding carboxylic acids is 1. The van der Waals surface area contributed by atoms with Crippen LogP contribution >= 0.6 is 0 Å². The van der Waals surface area contributed by atoms with Crippen LogP contribution in [0.4, 0.5) is 10.7 Å². The Morgan fingerprint density at radius 3 is 2.63 bits per heavy atom. The highest BCUT2D eigenvalue weighted by Crippen LogP contribution is 2.28. The average molecular weight is 476 g/mol. The second-order valence-electron chi connectivity index (χ2n) is 9.39. The summed E-state index contributed by atoms with van der Waals surface area (Å²) in [6, 6.07) is 11.7. The number of nitrogens with zero attached hydrogens (tertiary/aromatic N) is 3. The van der Waals surface area contributed by atoms with Crippen molar-refractivity contribution in [3.63, 3.8) is 0 Å². The van der Waals surface area contributed by atoms with E-state index < -0.39 is 6.09 Å². The summed E-state index contributed by atoms with van der Waals surface area (Å²) in [5.74, 6) is 0.429. The molecule has 1 fully saturated rings. The van der Waals surface area contributed by atoms with Crippen LogP contribution in [0.15, 0.2) is 42.6 Å². The first-order valence-electron chi connectivity index (χ1n) is 12.2. The zero-order valence-corrected chi connectivity index (χ0v) is 20.7.